The van der Waals surface area contributed by atoms with Gasteiger partial charge in [-0.25, -0.2) is 0 Å². The summed E-state index contributed by atoms with van der Waals surface area (Å²) in [4.78, 5) is 0. The minimum absolute atomic E-state index is 0.248. The number of aryl methyl sites for hydroxylation is 1. The lowest BCUT2D eigenvalue weighted by molar-refractivity contribution is 0.435. The Morgan fingerprint density at radius 1 is 1.44 bits per heavy atom. The Labute approximate surface area is 96.3 Å². The number of rotatable bonds is 3. The van der Waals surface area contributed by atoms with Crippen molar-refractivity contribution in [3.05, 3.63) is 28.8 Å². The number of hydrogen-bond acceptors (Lipinski definition) is 1. The molecule has 1 aromatic carbocycles. The number of hydrogen-bond donors (Lipinski definition) is 1. The average Bonchev–Trinajstić information content (AvgIpc) is 2.60. The molecule has 0 saturated carbocycles. The molecular weight excluding hydrogens is 203 g/mol. The maximum Gasteiger partial charge on any atom is 0.116 e. The van der Waals surface area contributed by atoms with Crippen LogP contribution in [0.2, 0.25) is 0 Å². The number of phenols is 1. The molecule has 0 amide bonds. The molecule has 16 heavy (non-hydrogen) atoms. The van der Waals surface area contributed by atoms with Gasteiger partial charge < -0.3 is 5.11 Å². The first kappa shape index (κ1) is 11.4. The van der Waals surface area contributed by atoms with Gasteiger partial charge in [0.1, 0.15) is 5.75 Å². The average molecular weight is 222 g/mol. The number of halogens is 1. The van der Waals surface area contributed by atoms with E-state index in [9.17, 15) is 9.50 Å². The fourth-order valence-corrected chi connectivity index (χ4v) is 2.80. The van der Waals surface area contributed by atoms with Crippen molar-refractivity contribution in [2.45, 2.75) is 44.9 Å². The zero-order valence-electron chi connectivity index (χ0n) is 9.96. The van der Waals surface area contributed by atoms with E-state index < -0.39 is 0 Å². The molecular formula is C14H19FO. The molecule has 0 heterocycles. The van der Waals surface area contributed by atoms with Crippen molar-refractivity contribution in [3.8, 4) is 5.75 Å². The zero-order valence-corrected chi connectivity index (χ0v) is 9.96. The standard InChI is InChI=1S/C14H19FO/c1-9(2)13-8-12(16)7-11-4-3-10(5-6-15)14(11)13/h7-10,16H,3-6H2,1-2H3. The second kappa shape index (κ2) is 4.44. The Morgan fingerprint density at radius 3 is 2.81 bits per heavy atom. The monoisotopic (exact) mass is 222 g/mol. The second-order valence-electron chi connectivity index (χ2n) is 4.98. The Kier molecular flexibility index (Phi) is 3.17. The third-order valence-corrected chi connectivity index (χ3v) is 3.53. The van der Waals surface area contributed by atoms with Gasteiger partial charge in [0.15, 0.2) is 0 Å². The number of alkyl halides is 1. The molecule has 1 atom stereocenters. The third-order valence-electron chi connectivity index (χ3n) is 3.53. The van der Waals surface area contributed by atoms with Crippen molar-refractivity contribution in [2.24, 2.45) is 0 Å². The van der Waals surface area contributed by atoms with Gasteiger partial charge in [-0.05, 0) is 59.9 Å². The van der Waals surface area contributed by atoms with E-state index in [2.05, 4.69) is 13.8 Å². The lowest BCUT2D eigenvalue weighted by Gasteiger charge is -2.17. The summed E-state index contributed by atoms with van der Waals surface area (Å²) in [5, 5.41) is 9.67. The van der Waals surface area contributed by atoms with Crippen molar-refractivity contribution < 1.29 is 9.50 Å². The summed E-state index contributed by atoms with van der Waals surface area (Å²) in [6, 6.07) is 3.69. The van der Waals surface area contributed by atoms with E-state index in [1.807, 2.05) is 12.1 Å². The number of phenolic OH excluding ortho intramolecular Hbond substituents is 1. The van der Waals surface area contributed by atoms with Crippen molar-refractivity contribution in [3.63, 3.8) is 0 Å². The molecule has 0 spiro atoms. The molecule has 0 fully saturated rings. The molecule has 1 unspecified atom stereocenters. The van der Waals surface area contributed by atoms with Crippen molar-refractivity contribution in [1.82, 2.24) is 0 Å². The van der Waals surface area contributed by atoms with Crippen molar-refractivity contribution in [1.29, 1.82) is 0 Å². The van der Waals surface area contributed by atoms with E-state index in [0.717, 1.165) is 12.8 Å². The molecule has 2 rings (SSSR count). The lowest BCUT2D eigenvalue weighted by Crippen LogP contribution is -2.02. The zero-order chi connectivity index (χ0) is 11.7. The van der Waals surface area contributed by atoms with Crippen LogP contribution >= 0.6 is 0 Å². The van der Waals surface area contributed by atoms with E-state index in [1.54, 1.807) is 0 Å². The quantitative estimate of drug-likeness (QED) is 0.822. The van der Waals surface area contributed by atoms with E-state index in [-0.39, 0.29) is 6.67 Å². The molecule has 0 aromatic heterocycles. The van der Waals surface area contributed by atoms with Gasteiger partial charge in [-0.3, -0.25) is 4.39 Å². The predicted molar refractivity (Wildman–Crippen MR) is 63.8 cm³/mol. The van der Waals surface area contributed by atoms with Gasteiger partial charge in [0.25, 0.3) is 0 Å². The first-order valence-electron chi connectivity index (χ1n) is 6.05. The maximum absolute atomic E-state index is 12.5. The molecule has 88 valence electrons. The number of aromatic hydroxyl groups is 1. The normalized spacial score (nSPS) is 19.1. The first-order valence-corrected chi connectivity index (χ1v) is 6.05. The van der Waals surface area contributed by atoms with Crippen LogP contribution in [0.25, 0.3) is 0 Å². The van der Waals surface area contributed by atoms with E-state index in [1.165, 1.54) is 16.7 Å². The van der Waals surface area contributed by atoms with E-state index in [4.69, 9.17) is 0 Å². The summed E-state index contributed by atoms with van der Waals surface area (Å²) in [5.74, 6) is 1.10. The molecule has 1 N–H and O–H groups in total. The summed E-state index contributed by atoms with van der Waals surface area (Å²) in [6.45, 7) is 4.00. The van der Waals surface area contributed by atoms with Crippen LogP contribution in [-0.4, -0.2) is 11.8 Å². The van der Waals surface area contributed by atoms with Crippen molar-refractivity contribution >= 4 is 0 Å². The smallest absolute Gasteiger partial charge is 0.116 e. The molecule has 0 saturated heterocycles. The molecule has 0 bridgehead atoms. The van der Waals surface area contributed by atoms with Crippen LogP contribution in [0, 0.1) is 0 Å². The van der Waals surface area contributed by atoms with E-state index >= 15 is 0 Å². The van der Waals surface area contributed by atoms with Crippen LogP contribution < -0.4 is 0 Å². The largest absolute Gasteiger partial charge is 0.508 e. The highest BCUT2D eigenvalue weighted by atomic mass is 19.1. The highest BCUT2D eigenvalue weighted by Crippen LogP contribution is 2.42. The molecule has 0 aliphatic heterocycles. The summed E-state index contributed by atoms with van der Waals surface area (Å²) in [7, 11) is 0. The molecule has 1 aliphatic carbocycles. The van der Waals surface area contributed by atoms with Crippen LogP contribution in [0.1, 0.15) is 55.2 Å². The fraction of sp³-hybridized carbons (Fsp3) is 0.571. The van der Waals surface area contributed by atoms with Crippen LogP contribution in [0.3, 0.4) is 0 Å². The van der Waals surface area contributed by atoms with Gasteiger partial charge in [0.05, 0.1) is 6.67 Å². The lowest BCUT2D eigenvalue weighted by atomic mass is 9.88. The Bertz CT molecular complexity index is 385. The van der Waals surface area contributed by atoms with Crippen LogP contribution in [-0.2, 0) is 6.42 Å². The molecule has 1 aliphatic rings. The molecule has 2 heteroatoms. The van der Waals surface area contributed by atoms with E-state index in [0.29, 0.717) is 24.0 Å². The second-order valence-corrected chi connectivity index (χ2v) is 4.98. The van der Waals surface area contributed by atoms with Gasteiger partial charge in [0, 0.05) is 0 Å². The molecule has 1 nitrogen and oxygen atoms in total. The van der Waals surface area contributed by atoms with Crippen LogP contribution in [0.15, 0.2) is 12.1 Å². The highest BCUT2D eigenvalue weighted by Gasteiger charge is 2.26. The van der Waals surface area contributed by atoms with Gasteiger partial charge in [-0.2, -0.15) is 0 Å². The van der Waals surface area contributed by atoms with Gasteiger partial charge in [-0.15, -0.1) is 0 Å². The fourth-order valence-electron chi connectivity index (χ4n) is 2.80. The summed E-state index contributed by atoms with van der Waals surface area (Å²) in [5.41, 5.74) is 3.73. The SMILES string of the molecule is CC(C)c1cc(O)cc2c1C(CCF)CC2. The van der Waals surface area contributed by atoms with Crippen LogP contribution in [0.5, 0.6) is 5.75 Å². The summed E-state index contributed by atoms with van der Waals surface area (Å²) in [6.07, 6.45) is 2.63. The van der Waals surface area contributed by atoms with Gasteiger partial charge in [-0.1, -0.05) is 13.8 Å². The van der Waals surface area contributed by atoms with Gasteiger partial charge in [0.2, 0.25) is 0 Å². The highest BCUT2D eigenvalue weighted by molar-refractivity contribution is 5.47. The van der Waals surface area contributed by atoms with Crippen molar-refractivity contribution in [2.75, 3.05) is 6.67 Å². The molecule has 0 radical (unpaired) electrons. The Morgan fingerprint density at radius 2 is 2.19 bits per heavy atom. The summed E-state index contributed by atoms with van der Waals surface area (Å²) < 4.78 is 12.5. The minimum Gasteiger partial charge on any atom is -0.508 e. The van der Waals surface area contributed by atoms with Crippen LogP contribution in [0.4, 0.5) is 4.39 Å². The Hall–Kier alpha value is -1.05. The minimum atomic E-state index is -0.248. The predicted octanol–water partition coefficient (Wildman–Crippen LogP) is 3.91. The summed E-state index contributed by atoms with van der Waals surface area (Å²) >= 11 is 0. The Balaban J connectivity index is 2.46. The third kappa shape index (κ3) is 1.93. The first-order chi connectivity index (χ1) is 7.63. The maximum atomic E-state index is 12.5. The molecule has 1 aromatic rings. The number of benzene rings is 1. The topological polar surface area (TPSA) is 20.2 Å². The number of fused-ring (bicyclic) bond motifs is 1. The van der Waals surface area contributed by atoms with Gasteiger partial charge >= 0.3 is 0 Å².